The van der Waals surface area contributed by atoms with E-state index in [0.29, 0.717) is 11.7 Å². The second-order valence-corrected chi connectivity index (χ2v) is 4.63. The van der Waals surface area contributed by atoms with Crippen LogP contribution in [0.25, 0.3) is 6.20 Å². The molecule has 0 aromatic carbocycles. The van der Waals surface area contributed by atoms with E-state index in [-0.39, 0.29) is 0 Å². The first-order chi connectivity index (χ1) is 8.19. The van der Waals surface area contributed by atoms with E-state index in [4.69, 9.17) is 11.6 Å². The molecule has 2 rings (SSSR count). The highest BCUT2D eigenvalue weighted by molar-refractivity contribution is 9.10. The topological polar surface area (TPSA) is 42.7 Å². The van der Waals surface area contributed by atoms with Crippen molar-refractivity contribution in [3.63, 3.8) is 0 Å². The summed E-state index contributed by atoms with van der Waals surface area (Å²) in [5.74, 6) is 0. The van der Waals surface area contributed by atoms with Gasteiger partial charge in [-0.1, -0.05) is 18.2 Å². The number of nitrogens with zero attached hydrogens (tertiary/aromatic N) is 3. The highest BCUT2D eigenvalue weighted by atomic mass is 79.9. The minimum Gasteiger partial charge on any atom is -0.378 e. The van der Waals surface area contributed by atoms with E-state index >= 15 is 0 Å². The molecule has 0 aliphatic rings. The fraction of sp³-hybridized carbons (Fsp3) is 0.0909. The predicted molar refractivity (Wildman–Crippen MR) is 72.9 cm³/mol. The zero-order valence-electron chi connectivity index (χ0n) is 8.90. The van der Waals surface area contributed by atoms with Crippen LogP contribution in [0.5, 0.6) is 0 Å². The lowest BCUT2D eigenvalue weighted by Crippen LogP contribution is -1.99. The van der Waals surface area contributed by atoms with Crippen molar-refractivity contribution in [2.75, 3.05) is 5.32 Å². The van der Waals surface area contributed by atoms with Crippen molar-refractivity contribution in [3.05, 3.63) is 46.4 Å². The summed E-state index contributed by atoms with van der Waals surface area (Å²) in [7, 11) is 0. The molecule has 0 atom stereocenters. The van der Waals surface area contributed by atoms with Gasteiger partial charge < -0.3 is 5.32 Å². The van der Waals surface area contributed by atoms with Crippen LogP contribution in [0, 0.1) is 0 Å². The molecule has 0 saturated heterocycles. The Morgan fingerprint density at radius 3 is 3.06 bits per heavy atom. The Kier molecular flexibility index (Phi) is 3.81. The van der Waals surface area contributed by atoms with Gasteiger partial charge >= 0.3 is 0 Å². The van der Waals surface area contributed by atoms with Crippen molar-refractivity contribution in [2.24, 2.45) is 0 Å². The number of halogens is 2. The van der Waals surface area contributed by atoms with Crippen LogP contribution in [0.15, 0.2) is 35.7 Å². The summed E-state index contributed by atoms with van der Waals surface area (Å²) >= 11 is 9.31. The second kappa shape index (κ2) is 5.33. The molecule has 0 aliphatic carbocycles. The Labute approximate surface area is 112 Å². The molecule has 0 fully saturated rings. The van der Waals surface area contributed by atoms with Gasteiger partial charge in [0.05, 0.1) is 11.9 Å². The number of nitrogens with one attached hydrogen (secondary N) is 1. The van der Waals surface area contributed by atoms with Crippen molar-refractivity contribution in [2.45, 2.75) is 6.54 Å². The first-order valence-corrected chi connectivity index (χ1v) is 6.06. The van der Waals surface area contributed by atoms with Gasteiger partial charge in [0.25, 0.3) is 0 Å². The van der Waals surface area contributed by atoms with Crippen LogP contribution < -0.4 is 5.32 Å². The van der Waals surface area contributed by atoms with Gasteiger partial charge in [-0.15, -0.1) is 0 Å². The number of pyridine rings is 1. The molecule has 17 heavy (non-hydrogen) atoms. The van der Waals surface area contributed by atoms with E-state index in [1.54, 1.807) is 23.3 Å². The molecule has 4 nitrogen and oxygen atoms in total. The van der Waals surface area contributed by atoms with Gasteiger partial charge in [0.15, 0.2) is 5.15 Å². The molecule has 2 heterocycles. The third-order valence-corrected chi connectivity index (χ3v) is 2.87. The summed E-state index contributed by atoms with van der Waals surface area (Å²) in [5.41, 5.74) is 1.83. The molecular weight excluding hydrogens is 304 g/mol. The summed E-state index contributed by atoms with van der Waals surface area (Å²) < 4.78 is 2.53. The number of anilines is 1. The molecule has 2 aromatic heterocycles. The first-order valence-electron chi connectivity index (χ1n) is 4.89. The molecule has 0 unspecified atom stereocenters. The van der Waals surface area contributed by atoms with Gasteiger partial charge in [0, 0.05) is 35.2 Å². The SMILES string of the molecule is C=Cn1cc(CNc2cc(Br)cnc2Cl)cn1. The van der Waals surface area contributed by atoms with E-state index < -0.39 is 0 Å². The molecule has 0 radical (unpaired) electrons. The van der Waals surface area contributed by atoms with Crippen molar-refractivity contribution in [1.82, 2.24) is 14.8 Å². The molecule has 2 aromatic rings. The lowest BCUT2D eigenvalue weighted by atomic mass is 10.3. The Hall–Kier alpha value is -1.33. The zero-order chi connectivity index (χ0) is 12.3. The third-order valence-electron chi connectivity index (χ3n) is 2.13. The van der Waals surface area contributed by atoms with E-state index in [2.05, 4.69) is 37.9 Å². The maximum absolute atomic E-state index is 5.96. The molecule has 0 amide bonds. The van der Waals surface area contributed by atoms with E-state index in [9.17, 15) is 0 Å². The maximum atomic E-state index is 5.96. The van der Waals surface area contributed by atoms with Crippen molar-refractivity contribution >= 4 is 39.4 Å². The number of hydrogen-bond donors (Lipinski definition) is 1. The molecule has 88 valence electrons. The van der Waals surface area contributed by atoms with Gasteiger partial charge in [0.1, 0.15) is 0 Å². The lowest BCUT2D eigenvalue weighted by molar-refractivity contribution is 0.936. The summed E-state index contributed by atoms with van der Waals surface area (Å²) in [6.45, 7) is 4.26. The van der Waals surface area contributed by atoms with Crippen LogP contribution in [0.1, 0.15) is 5.56 Å². The highest BCUT2D eigenvalue weighted by Gasteiger charge is 2.03. The second-order valence-electron chi connectivity index (χ2n) is 3.36. The average molecular weight is 314 g/mol. The van der Waals surface area contributed by atoms with Crippen LogP contribution >= 0.6 is 27.5 Å². The van der Waals surface area contributed by atoms with Crippen LogP contribution in [-0.4, -0.2) is 14.8 Å². The minimum atomic E-state index is 0.448. The molecule has 6 heteroatoms. The van der Waals surface area contributed by atoms with Crippen molar-refractivity contribution < 1.29 is 0 Å². The van der Waals surface area contributed by atoms with Crippen molar-refractivity contribution in [3.8, 4) is 0 Å². The van der Waals surface area contributed by atoms with E-state index in [0.717, 1.165) is 15.7 Å². The quantitative estimate of drug-likeness (QED) is 0.880. The normalized spacial score (nSPS) is 10.2. The van der Waals surface area contributed by atoms with Gasteiger partial charge in [-0.05, 0) is 22.0 Å². The summed E-state index contributed by atoms with van der Waals surface area (Å²) in [6, 6.07) is 1.88. The Bertz CT molecular complexity index is 538. The molecule has 0 saturated carbocycles. The van der Waals surface area contributed by atoms with Gasteiger partial charge in [-0.2, -0.15) is 5.10 Å². The molecule has 1 N–H and O–H groups in total. The zero-order valence-corrected chi connectivity index (χ0v) is 11.2. The predicted octanol–water partition coefficient (Wildman–Crippen LogP) is 3.41. The Morgan fingerprint density at radius 2 is 2.35 bits per heavy atom. The minimum absolute atomic E-state index is 0.448. The maximum Gasteiger partial charge on any atom is 0.152 e. The fourth-order valence-electron chi connectivity index (χ4n) is 1.31. The standard InChI is InChI=1S/C11H10BrClN4/c1-2-17-7-8(5-16-17)4-14-10-3-9(12)6-15-11(10)13/h2-3,5-7,14H,1,4H2. The highest BCUT2D eigenvalue weighted by Crippen LogP contribution is 2.23. The third kappa shape index (κ3) is 3.08. The summed E-state index contributed by atoms with van der Waals surface area (Å²) in [6.07, 6.45) is 6.95. The summed E-state index contributed by atoms with van der Waals surface area (Å²) in [4.78, 5) is 4.03. The van der Waals surface area contributed by atoms with Gasteiger partial charge in [-0.3, -0.25) is 0 Å². The first kappa shape index (κ1) is 12.1. The van der Waals surface area contributed by atoms with E-state index in [1.165, 1.54) is 0 Å². The van der Waals surface area contributed by atoms with Crippen molar-refractivity contribution in [1.29, 1.82) is 0 Å². The van der Waals surface area contributed by atoms with Gasteiger partial charge in [0.2, 0.25) is 0 Å². The largest absolute Gasteiger partial charge is 0.378 e. The molecule has 0 spiro atoms. The molecular formula is C11H10BrClN4. The van der Waals surface area contributed by atoms with Crippen LogP contribution in [-0.2, 0) is 6.54 Å². The Morgan fingerprint density at radius 1 is 1.53 bits per heavy atom. The monoisotopic (exact) mass is 312 g/mol. The average Bonchev–Trinajstić information content (AvgIpc) is 2.78. The molecule has 0 bridgehead atoms. The fourth-order valence-corrected chi connectivity index (χ4v) is 1.81. The van der Waals surface area contributed by atoms with Crippen LogP contribution in [0.2, 0.25) is 5.15 Å². The smallest absolute Gasteiger partial charge is 0.152 e. The number of aromatic nitrogens is 3. The van der Waals surface area contributed by atoms with Crippen LogP contribution in [0.4, 0.5) is 5.69 Å². The lowest BCUT2D eigenvalue weighted by Gasteiger charge is -2.06. The Balaban J connectivity index is 2.06. The number of hydrogen-bond acceptors (Lipinski definition) is 3. The van der Waals surface area contributed by atoms with Crippen LogP contribution in [0.3, 0.4) is 0 Å². The number of rotatable bonds is 4. The molecule has 0 aliphatic heterocycles. The van der Waals surface area contributed by atoms with E-state index in [1.807, 2.05) is 12.3 Å². The summed E-state index contributed by atoms with van der Waals surface area (Å²) in [5, 5.41) is 7.73. The van der Waals surface area contributed by atoms with Gasteiger partial charge in [-0.25, -0.2) is 9.67 Å².